The lowest BCUT2D eigenvalue weighted by molar-refractivity contribution is -0.122. The van der Waals surface area contributed by atoms with Crippen LogP contribution in [-0.4, -0.2) is 60.9 Å². The van der Waals surface area contributed by atoms with Crippen molar-refractivity contribution in [3.63, 3.8) is 0 Å². The number of amides is 2. The van der Waals surface area contributed by atoms with E-state index < -0.39 is 0 Å². The molecule has 2 aliphatic rings. The van der Waals surface area contributed by atoms with E-state index in [2.05, 4.69) is 50.8 Å². The van der Waals surface area contributed by atoms with Crippen molar-refractivity contribution in [2.24, 2.45) is 5.92 Å². The Labute approximate surface area is 184 Å². The van der Waals surface area contributed by atoms with Gasteiger partial charge in [0.05, 0.1) is 0 Å². The van der Waals surface area contributed by atoms with E-state index >= 15 is 0 Å². The fraction of sp³-hybridized carbons (Fsp3) is 0.440. The van der Waals surface area contributed by atoms with Gasteiger partial charge >= 0.3 is 0 Å². The molecule has 31 heavy (non-hydrogen) atoms. The highest BCUT2D eigenvalue weighted by molar-refractivity contribution is 5.96. The number of carbonyl (C=O) groups excluding carboxylic acids is 2. The van der Waals surface area contributed by atoms with Crippen LogP contribution in [0.4, 0.5) is 5.69 Å². The second-order valence-electron chi connectivity index (χ2n) is 8.54. The molecule has 0 saturated carbocycles. The van der Waals surface area contributed by atoms with Crippen LogP contribution < -0.4 is 10.6 Å². The van der Waals surface area contributed by atoms with E-state index in [1.54, 1.807) is 0 Å². The Balaban J connectivity index is 1.10. The molecule has 1 unspecified atom stereocenters. The van der Waals surface area contributed by atoms with Gasteiger partial charge in [-0.1, -0.05) is 48.5 Å². The van der Waals surface area contributed by atoms with Crippen LogP contribution in [0.2, 0.25) is 0 Å². The SMILES string of the molecule is O=C(CCC1Cc2ccccc2NC1=O)NCCN1CCN(Cc2ccccc2)CC1. The minimum Gasteiger partial charge on any atom is -0.355 e. The number of nitrogens with one attached hydrogen (secondary N) is 2. The van der Waals surface area contributed by atoms with Crippen molar-refractivity contribution >= 4 is 17.5 Å². The van der Waals surface area contributed by atoms with Crippen LogP contribution >= 0.6 is 0 Å². The van der Waals surface area contributed by atoms with E-state index in [-0.39, 0.29) is 17.7 Å². The maximum absolute atomic E-state index is 12.3. The number of benzene rings is 2. The second kappa shape index (κ2) is 10.6. The van der Waals surface area contributed by atoms with Crippen LogP contribution in [0.15, 0.2) is 54.6 Å². The van der Waals surface area contributed by atoms with Crippen molar-refractivity contribution in [1.82, 2.24) is 15.1 Å². The minimum atomic E-state index is -0.127. The predicted molar refractivity (Wildman–Crippen MR) is 123 cm³/mol. The maximum atomic E-state index is 12.3. The molecule has 0 radical (unpaired) electrons. The topological polar surface area (TPSA) is 64.7 Å². The normalized spacial score (nSPS) is 19.5. The Kier molecular flexibility index (Phi) is 7.33. The van der Waals surface area contributed by atoms with Crippen molar-refractivity contribution in [1.29, 1.82) is 0 Å². The number of piperazine rings is 1. The molecule has 164 valence electrons. The first-order valence-corrected chi connectivity index (χ1v) is 11.3. The Hall–Kier alpha value is -2.70. The van der Waals surface area contributed by atoms with Crippen molar-refractivity contribution in [2.45, 2.75) is 25.8 Å². The number of rotatable bonds is 8. The van der Waals surface area contributed by atoms with E-state index in [0.717, 1.165) is 50.5 Å². The number of hydrogen-bond donors (Lipinski definition) is 2. The van der Waals surface area contributed by atoms with Crippen LogP contribution in [0, 0.1) is 5.92 Å². The van der Waals surface area contributed by atoms with Crippen LogP contribution in [0.1, 0.15) is 24.0 Å². The Bertz CT molecular complexity index is 878. The van der Waals surface area contributed by atoms with Gasteiger partial charge in [-0.3, -0.25) is 19.4 Å². The molecule has 2 aliphatic heterocycles. The highest BCUT2D eigenvalue weighted by Gasteiger charge is 2.26. The maximum Gasteiger partial charge on any atom is 0.227 e. The molecule has 2 heterocycles. The molecule has 0 bridgehead atoms. The summed E-state index contributed by atoms with van der Waals surface area (Å²) in [6, 6.07) is 18.5. The third-order valence-corrected chi connectivity index (χ3v) is 6.30. The van der Waals surface area contributed by atoms with Crippen LogP contribution in [0.3, 0.4) is 0 Å². The van der Waals surface area contributed by atoms with Crippen LogP contribution in [0.25, 0.3) is 0 Å². The third-order valence-electron chi connectivity index (χ3n) is 6.30. The van der Waals surface area contributed by atoms with Gasteiger partial charge in [0.1, 0.15) is 0 Å². The van der Waals surface area contributed by atoms with Crippen molar-refractivity contribution in [2.75, 3.05) is 44.6 Å². The van der Waals surface area contributed by atoms with Gasteiger partial charge in [-0.15, -0.1) is 0 Å². The largest absolute Gasteiger partial charge is 0.355 e. The molecule has 1 saturated heterocycles. The summed E-state index contributed by atoms with van der Waals surface area (Å²) >= 11 is 0. The molecule has 2 aromatic carbocycles. The highest BCUT2D eigenvalue weighted by atomic mass is 16.2. The molecule has 0 aromatic heterocycles. The summed E-state index contributed by atoms with van der Waals surface area (Å²) in [6.45, 7) is 6.72. The monoisotopic (exact) mass is 420 g/mol. The summed E-state index contributed by atoms with van der Waals surface area (Å²) in [5.74, 6) is -0.0624. The fourth-order valence-electron chi connectivity index (χ4n) is 4.41. The first kappa shape index (κ1) is 21.5. The van der Waals surface area contributed by atoms with Gasteiger partial charge in [-0.05, 0) is 30.0 Å². The Morgan fingerprint density at radius 2 is 1.68 bits per heavy atom. The molecule has 2 aromatic rings. The average molecular weight is 421 g/mol. The standard InChI is InChI=1S/C25H32N4O2/c30-24(11-10-22-18-21-8-4-5-9-23(21)27-25(22)31)26-12-13-28-14-16-29(17-15-28)19-20-6-2-1-3-7-20/h1-9,22H,10-19H2,(H,26,30)(H,27,31). The van der Waals surface area contributed by atoms with E-state index in [9.17, 15) is 9.59 Å². The fourth-order valence-corrected chi connectivity index (χ4v) is 4.41. The van der Waals surface area contributed by atoms with Crippen LogP contribution in [0.5, 0.6) is 0 Å². The highest BCUT2D eigenvalue weighted by Crippen LogP contribution is 2.27. The molecule has 1 atom stereocenters. The zero-order chi connectivity index (χ0) is 21.5. The summed E-state index contributed by atoms with van der Waals surface area (Å²) in [4.78, 5) is 29.4. The second-order valence-corrected chi connectivity index (χ2v) is 8.54. The lowest BCUT2D eigenvalue weighted by atomic mass is 9.89. The van der Waals surface area contributed by atoms with Crippen LogP contribution in [-0.2, 0) is 22.6 Å². The first-order chi connectivity index (χ1) is 15.2. The zero-order valence-corrected chi connectivity index (χ0v) is 18.1. The van der Waals surface area contributed by atoms with Gasteiger partial charge in [0.15, 0.2) is 0 Å². The first-order valence-electron chi connectivity index (χ1n) is 11.3. The van der Waals surface area contributed by atoms with Gasteiger partial charge in [-0.2, -0.15) is 0 Å². The average Bonchev–Trinajstić information content (AvgIpc) is 2.79. The molecule has 1 fully saturated rings. The van der Waals surface area contributed by atoms with Gasteiger partial charge in [-0.25, -0.2) is 0 Å². The van der Waals surface area contributed by atoms with Crippen molar-refractivity contribution < 1.29 is 9.59 Å². The van der Waals surface area contributed by atoms with Gasteiger partial charge in [0.2, 0.25) is 11.8 Å². The summed E-state index contributed by atoms with van der Waals surface area (Å²) < 4.78 is 0. The molecule has 6 heteroatoms. The molecular weight excluding hydrogens is 388 g/mol. The van der Waals surface area contributed by atoms with E-state index in [1.165, 1.54) is 5.56 Å². The summed E-state index contributed by atoms with van der Waals surface area (Å²) in [5, 5.41) is 5.99. The van der Waals surface area contributed by atoms with Crippen molar-refractivity contribution in [3.05, 3.63) is 65.7 Å². The number of carbonyl (C=O) groups is 2. The molecule has 0 spiro atoms. The number of nitrogens with zero attached hydrogens (tertiary/aromatic N) is 2. The van der Waals surface area contributed by atoms with E-state index in [4.69, 9.17) is 0 Å². The number of fused-ring (bicyclic) bond motifs is 1. The number of hydrogen-bond acceptors (Lipinski definition) is 4. The van der Waals surface area contributed by atoms with Crippen molar-refractivity contribution in [3.8, 4) is 0 Å². The summed E-state index contributed by atoms with van der Waals surface area (Å²) in [5.41, 5.74) is 3.41. The Morgan fingerprint density at radius 3 is 2.48 bits per heavy atom. The molecular formula is C25H32N4O2. The lowest BCUT2D eigenvalue weighted by Crippen LogP contribution is -2.48. The lowest BCUT2D eigenvalue weighted by Gasteiger charge is -2.34. The summed E-state index contributed by atoms with van der Waals surface area (Å²) in [7, 11) is 0. The molecule has 4 rings (SSSR count). The molecule has 2 amide bonds. The number of anilines is 1. The predicted octanol–water partition coefficient (Wildman–Crippen LogP) is 2.51. The van der Waals surface area contributed by atoms with E-state index in [1.807, 2.05) is 24.3 Å². The Morgan fingerprint density at radius 1 is 0.968 bits per heavy atom. The molecule has 2 N–H and O–H groups in total. The third kappa shape index (κ3) is 6.15. The van der Waals surface area contributed by atoms with E-state index in [0.29, 0.717) is 25.8 Å². The van der Waals surface area contributed by atoms with Gasteiger partial charge in [0, 0.05) is 63.8 Å². The van der Waals surface area contributed by atoms with Gasteiger partial charge in [0.25, 0.3) is 0 Å². The minimum absolute atomic E-state index is 0.0277. The smallest absolute Gasteiger partial charge is 0.227 e. The quantitative estimate of drug-likeness (QED) is 0.689. The van der Waals surface area contributed by atoms with Gasteiger partial charge < -0.3 is 10.6 Å². The molecule has 0 aliphatic carbocycles. The molecule has 6 nitrogen and oxygen atoms in total. The number of para-hydroxylation sites is 1. The summed E-state index contributed by atoms with van der Waals surface area (Å²) in [6.07, 6.45) is 1.69. The zero-order valence-electron chi connectivity index (χ0n) is 18.1.